The number of guanidine groups is 1. The largest absolute Gasteiger partial charge is 0.352 e. The standard InChI is InChI=1S/C21H26Cl2N4O.HI/c1-4-27(5-2)20(28)16-8-6-15(7-9-16)13-25-21(24-3)26-14-17-10-11-18(22)12-19(17)23;/h6-12H,4-5,13-14H2,1-3H3,(H2,24,25,26);1H. The van der Waals surface area contributed by atoms with Crippen LogP contribution in [0.1, 0.15) is 35.3 Å². The number of amides is 1. The van der Waals surface area contributed by atoms with Crippen LogP contribution in [0.15, 0.2) is 47.5 Å². The summed E-state index contributed by atoms with van der Waals surface area (Å²) in [6, 6.07) is 13.0. The number of carbonyl (C=O) groups is 1. The molecule has 2 aromatic carbocycles. The van der Waals surface area contributed by atoms with Crippen molar-refractivity contribution in [3.63, 3.8) is 0 Å². The molecular formula is C21H27Cl2IN4O. The second kappa shape index (κ2) is 12.9. The first kappa shape index (κ1) is 25.5. The van der Waals surface area contributed by atoms with E-state index in [-0.39, 0.29) is 29.9 Å². The van der Waals surface area contributed by atoms with Crippen molar-refractivity contribution in [1.29, 1.82) is 0 Å². The van der Waals surface area contributed by atoms with Crippen LogP contribution in [0.2, 0.25) is 10.0 Å². The number of hydrogen-bond acceptors (Lipinski definition) is 2. The van der Waals surface area contributed by atoms with Gasteiger partial charge in [-0.05, 0) is 49.2 Å². The molecule has 0 atom stereocenters. The molecule has 0 saturated heterocycles. The van der Waals surface area contributed by atoms with Gasteiger partial charge in [-0.1, -0.05) is 41.4 Å². The fourth-order valence-electron chi connectivity index (χ4n) is 2.71. The minimum atomic E-state index is 0. The van der Waals surface area contributed by atoms with E-state index in [1.54, 1.807) is 18.0 Å². The van der Waals surface area contributed by atoms with Gasteiger partial charge in [-0.2, -0.15) is 0 Å². The summed E-state index contributed by atoms with van der Waals surface area (Å²) in [4.78, 5) is 18.4. The summed E-state index contributed by atoms with van der Waals surface area (Å²) in [7, 11) is 1.71. The SMILES string of the molecule is CCN(CC)C(=O)c1ccc(CNC(=NC)NCc2ccc(Cl)cc2Cl)cc1.I. The van der Waals surface area contributed by atoms with Crippen LogP contribution in [-0.4, -0.2) is 36.9 Å². The molecule has 0 heterocycles. The molecule has 0 bridgehead atoms. The lowest BCUT2D eigenvalue weighted by Gasteiger charge is -2.18. The van der Waals surface area contributed by atoms with Crippen LogP contribution >= 0.6 is 47.2 Å². The Balaban J connectivity index is 0.00000420. The van der Waals surface area contributed by atoms with E-state index in [9.17, 15) is 4.79 Å². The molecule has 1 amide bonds. The highest BCUT2D eigenvalue weighted by molar-refractivity contribution is 14.0. The van der Waals surface area contributed by atoms with Crippen molar-refractivity contribution in [2.24, 2.45) is 4.99 Å². The minimum Gasteiger partial charge on any atom is -0.352 e. The van der Waals surface area contributed by atoms with Crippen molar-refractivity contribution in [2.75, 3.05) is 20.1 Å². The first-order valence-corrected chi connectivity index (χ1v) is 10.0. The molecule has 29 heavy (non-hydrogen) atoms. The third-order valence-electron chi connectivity index (χ3n) is 4.40. The van der Waals surface area contributed by atoms with Gasteiger partial charge in [0.1, 0.15) is 0 Å². The quantitative estimate of drug-likeness (QED) is 0.292. The number of nitrogens with zero attached hydrogens (tertiary/aromatic N) is 2. The molecule has 0 aliphatic heterocycles. The van der Waals surface area contributed by atoms with Crippen LogP contribution in [-0.2, 0) is 13.1 Å². The summed E-state index contributed by atoms with van der Waals surface area (Å²) in [5.74, 6) is 0.719. The second-order valence-corrected chi connectivity index (χ2v) is 7.03. The van der Waals surface area contributed by atoms with Crippen LogP contribution < -0.4 is 10.6 Å². The van der Waals surface area contributed by atoms with Crippen molar-refractivity contribution in [3.05, 3.63) is 69.2 Å². The van der Waals surface area contributed by atoms with Crippen molar-refractivity contribution in [3.8, 4) is 0 Å². The predicted octanol–water partition coefficient (Wildman–Crippen LogP) is 4.96. The van der Waals surface area contributed by atoms with Gasteiger partial charge in [-0.3, -0.25) is 9.79 Å². The second-order valence-electron chi connectivity index (χ2n) is 6.19. The van der Waals surface area contributed by atoms with Crippen LogP contribution in [0.5, 0.6) is 0 Å². The zero-order chi connectivity index (χ0) is 20.5. The van der Waals surface area contributed by atoms with Gasteiger partial charge in [0.25, 0.3) is 5.91 Å². The zero-order valence-corrected chi connectivity index (χ0v) is 20.7. The Labute approximate surface area is 199 Å². The molecule has 0 unspecified atom stereocenters. The summed E-state index contributed by atoms with van der Waals surface area (Å²) < 4.78 is 0. The van der Waals surface area contributed by atoms with Crippen molar-refractivity contribution in [2.45, 2.75) is 26.9 Å². The number of benzene rings is 2. The highest BCUT2D eigenvalue weighted by Gasteiger charge is 2.12. The molecule has 0 fully saturated rings. The van der Waals surface area contributed by atoms with Crippen molar-refractivity contribution in [1.82, 2.24) is 15.5 Å². The zero-order valence-electron chi connectivity index (χ0n) is 16.8. The Hall–Kier alpha value is -1.51. The summed E-state index contributed by atoms with van der Waals surface area (Å²) in [6.07, 6.45) is 0. The Morgan fingerprint density at radius 2 is 1.62 bits per heavy atom. The Kier molecular flexibility index (Phi) is 11.4. The van der Waals surface area contributed by atoms with Gasteiger partial charge in [0, 0.05) is 48.8 Å². The van der Waals surface area contributed by atoms with E-state index in [4.69, 9.17) is 23.2 Å². The minimum absolute atomic E-state index is 0. The number of rotatable bonds is 7. The number of aliphatic imine (C=N–C) groups is 1. The third kappa shape index (κ3) is 7.68. The molecule has 2 rings (SSSR count). The Morgan fingerprint density at radius 1 is 1.00 bits per heavy atom. The van der Waals surface area contributed by atoms with Gasteiger partial charge in [0.05, 0.1) is 0 Å². The van der Waals surface area contributed by atoms with E-state index in [0.717, 1.165) is 11.1 Å². The van der Waals surface area contributed by atoms with Crippen LogP contribution in [0.3, 0.4) is 0 Å². The van der Waals surface area contributed by atoms with E-state index in [0.29, 0.717) is 47.7 Å². The summed E-state index contributed by atoms with van der Waals surface area (Å²) in [5.41, 5.74) is 2.70. The molecule has 158 valence electrons. The summed E-state index contributed by atoms with van der Waals surface area (Å²) in [5, 5.41) is 7.71. The highest BCUT2D eigenvalue weighted by Crippen LogP contribution is 2.20. The lowest BCUT2D eigenvalue weighted by atomic mass is 10.1. The molecule has 0 aromatic heterocycles. The maximum absolute atomic E-state index is 12.4. The van der Waals surface area contributed by atoms with Crippen LogP contribution in [0, 0.1) is 0 Å². The summed E-state index contributed by atoms with van der Waals surface area (Å²) >= 11 is 12.1. The molecular weight excluding hydrogens is 522 g/mol. The molecule has 2 aromatic rings. The first-order chi connectivity index (χ1) is 13.5. The van der Waals surface area contributed by atoms with Gasteiger partial charge >= 0.3 is 0 Å². The van der Waals surface area contributed by atoms with Gasteiger partial charge in [0.2, 0.25) is 0 Å². The average Bonchev–Trinajstić information content (AvgIpc) is 2.70. The number of hydrogen-bond donors (Lipinski definition) is 2. The lowest BCUT2D eigenvalue weighted by molar-refractivity contribution is 0.0773. The predicted molar refractivity (Wildman–Crippen MR) is 133 cm³/mol. The maximum atomic E-state index is 12.4. The van der Waals surface area contributed by atoms with E-state index >= 15 is 0 Å². The number of halogens is 3. The average molecular weight is 549 g/mol. The summed E-state index contributed by atoms with van der Waals surface area (Å²) in [6.45, 7) is 6.50. The van der Waals surface area contributed by atoms with Crippen LogP contribution in [0.25, 0.3) is 0 Å². The Bertz CT molecular complexity index is 824. The smallest absolute Gasteiger partial charge is 0.253 e. The van der Waals surface area contributed by atoms with Crippen LogP contribution in [0.4, 0.5) is 0 Å². The normalized spacial score (nSPS) is 10.9. The monoisotopic (exact) mass is 548 g/mol. The van der Waals surface area contributed by atoms with E-state index < -0.39 is 0 Å². The maximum Gasteiger partial charge on any atom is 0.253 e. The molecule has 0 aliphatic rings. The fraction of sp³-hybridized carbons (Fsp3) is 0.333. The number of carbonyl (C=O) groups excluding carboxylic acids is 1. The topological polar surface area (TPSA) is 56.7 Å². The third-order valence-corrected chi connectivity index (χ3v) is 4.98. The van der Waals surface area contributed by atoms with Gasteiger partial charge in [0.15, 0.2) is 5.96 Å². The fourth-order valence-corrected chi connectivity index (χ4v) is 3.18. The van der Waals surface area contributed by atoms with Gasteiger partial charge < -0.3 is 15.5 Å². The lowest BCUT2D eigenvalue weighted by Crippen LogP contribution is -2.36. The molecule has 2 N–H and O–H groups in total. The van der Waals surface area contributed by atoms with Gasteiger partial charge in [-0.25, -0.2) is 0 Å². The molecule has 0 spiro atoms. The van der Waals surface area contributed by atoms with E-state index in [1.807, 2.05) is 50.2 Å². The molecule has 8 heteroatoms. The number of nitrogens with one attached hydrogen (secondary N) is 2. The van der Waals surface area contributed by atoms with Crippen molar-refractivity contribution < 1.29 is 4.79 Å². The molecule has 0 saturated carbocycles. The molecule has 5 nitrogen and oxygen atoms in total. The van der Waals surface area contributed by atoms with E-state index in [1.165, 1.54) is 0 Å². The Morgan fingerprint density at radius 3 is 2.17 bits per heavy atom. The molecule has 0 radical (unpaired) electrons. The molecule has 0 aliphatic carbocycles. The highest BCUT2D eigenvalue weighted by atomic mass is 127. The van der Waals surface area contributed by atoms with Crippen molar-refractivity contribution >= 4 is 59.0 Å². The van der Waals surface area contributed by atoms with E-state index in [2.05, 4.69) is 15.6 Å². The first-order valence-electron chi connectivity index (χ1n) is 9.25. The van der Waals surface area contributed by atoms with Gasteiger partial charge in [-0.15, -0.1) is 24.0 Å².